The van der Waals surface area contributed by atoms with Crippen LogP contribution in [0.1, 0.15) is 41.5 Å². The molecule has 12 nitrogen and oxygen atoms in total. The van der Waals surface area contributed by atoms with E-state index in [9.17, 15) is 14.4 Å². The number of aliphatic hydroxyl groups excluding tert-OH is 3. The fourth-order valence-electron chi connectivity index (χ4n) is 9.59. The molecule has 16 rings (SSSR count). The van der Waals surface area contributed by atoms with E-state index in [1.54, 1.807) is 35.1 Å². The van der Waals surface area contributed by atoms with Gasteiger partial charge in [-0.05, 0) is 128 Å². The van der Waals surface area contributed by atoms with Gasteiger partial charge in [0.2, 0.25) is 0 Å². The van der Waals surface area contributed by atoms with Crippen molar-refractivity contribution < 1.29 is 130 Å². The summed E-state index contributed by atoms with van der Waals surface area (Å²) in [7, 11) is 0. The van der Waals surface area contributed by atoms with Gasteiger partial charge in [0.05, 0.1) is 28.3 Å². The second-order valence-corrected chi connectivity index (χ2v) is 24.2. The third-order valence-corrected chi connectivity index (χ3v) is 15.8. The number of allylic oxidation sites excluding steroid dienone is 6. The second-order valence-electron chi connectivity index (χ2n) is 22.3. The van der Waals surface area contributed by atoms with Crippen LogP contribution >= 0.6 is 22.7 Å². The number of para-hydroxylation sites is 2. The number of fused-ring (bicyclic) bond motifs is 8. The van der Waals surface area contributed by atoms with Gasteiger partial charge in [0.1, 0.15) is 0 Å². The molecule has 108 heavy (non-hydrogen) atoms. The first-order chi connectivity index (χ1) is 50.1. The van der Waals surface area contributed by atoms with E-state index < -0.39 is 0 Å². The maximum Gasteiger partial charge on any atom is 0.155 e. The van der Waals surface area contributed by atoms with Crippen molar-refractivity contribution in [2.24, 2.45) is 0 Å². The maximum absolute atomic E-state index is 10.0. The maximum atomic E-state index is 10.0. The summed E-state index contributed by atoms with van der Waals surface area (Å²) in [6.07, 6.45) is 10.7. The Balaban J connectivity index is 0.000000318. The van der Waals surface area contributed by atoms with E-state index >= 15 is 0 Å². The number of carbonyl (C=O) groups excluding carboxylic acids is 3. The predicted molar refractivity (Wildman–Crippen MR) is 422 cm³/mol. The first kappa shape index (κ1) is 92.7. The van der Waals surface area contributed by atoms with Crippen LogP contribution in [0, 0.1) is 36.4 Å². The van der Waals surface area contributed by atoms with Gasteiger partial charge in [-0.1, -0.05) is 108 Å². The van der Waals surface area contributed by atoms with Crippen LogP contribution in [-0.4, -0.2) is 62.6 Å². The number of ketones is 3. The van der Waals surface area contributed by atoms with Gasteiger partial charge in [-0.25, -0.2) is 11.3 Å². The molecule has 0 aliphatic heterocycles. The minimum absolute atomic E-state index is 0. The van der Waals surface area contributed by atoms with Gasteiger partial charge >= 0.3 is 0 Å². The van der Waals surface area contributed by atoms with E-state index in [0.29, 0.717) is 0 Å². The quantitative estimate of drug-likeness (QED) is 0.0593. The summed E-state index contributed by atoms with van der Waals surface area (Å²) in [4.78, 5) is 57.5. The van der Waals surface area contributed by atoms with Crippen LogP contribution in [0.3, 0.4) is 0 Å². The molecule has 3 N–H and O–H groups in total. The molecule has 557 valence electrons. The standard InChI is InChI=1S/C15H10N.C13H8NS.2C13H8N.C11H8N.C9H6NS.3C5H8O2.5Ir/c1-2-6-12(7-3-1)15-11-10-13-8-4-5-9-14(13)16-15;1-2-6-10(7-3-1)13-14-11-8-4-5-9-12(11)15-13;2*1-2-6-12-10(4-1)7-8-11-5-3-9-14-13(11)12;1-2-6-10(7-3-1)11-8-4-5-9-12-11;1-2-6-10-8(4-1)9-5-3-7-11-9;3*1-4(6)3-5(2)7;;;;;/h1-6,8-11H;1-6,8-9H;2*1-5,7-9H;1-6,8-9H;1-4,6-7H;3*3,6H,1-2H3;;;;;/q6*-1;;;;;;;;. The summed E-state index contributed by atoms with van der Waals surface area (Å²) in [6, 6.07) is 105. The average Bonchev–Trinajstić information content (AvgIpc) is 1.01. The van der Waals surface area contributed by atoms with Crippen molar-refractivity contribution in [3.8, 4) is 43.7 Å². The fourth-order valence-corrected chi connectivity index (χ4v) is 11.2. The average molecular weight is 2350 g/mol. The molecule has 0 atom stereocenters. The minimum Gasteiger partial charge on any atom is -0.512 e. The van der Waals surface area contributed by atoms with Gasteiger partial charge in [-0.2, -0.15) is 23.5 Å². The fraction of sp³-hybridized carbons (Fsp3) is 0.0674. The molecule has 7 heterocycles. The van der Waals surface area contributed by atoms with E-state index in [1.165, 1.54) is 91.4 Å². The smallest absolute Gasteiger partial charge is 0.155 e. The van der Waals surface area contributed by atoms with Crippen molar-refractivity contribution in [3.05, 3.63) is 363 Å². The normalized spacial score (nSPS) is 10.1. The number of rotatable bonds is 7. The van der Waals surface area contributed by atoms with Crippen LogP contribution < -0.4 is 0 Å². The van der Waals surface area contributed by atoms with Crippen LogP contribution in [0.5, 0.6) is 0 Å². The number of thiazole rings is 1. The van der Waals surface area contributed by atoms with Crippen molar-refractivity contribution >= 4 is 104 Å². The zero-order valence-electron chi connectivity index (χ0n) is 59.2. The van der Waals surface area contributed by atoms with Gasteiger partial charge in [0, 0.05) is 153 Å². The second kappa shape index (κ2) is 50.9. The van der Waals surface area contributed by atoms with Crippen molar-refractivity contribution in [1.29, 1.82) is 0 Å². The van der Waals surface area contributed by atoms with E-state index in [-0.39, 0.29) is 135 Å². The van der Waals surface area contributed by atoms with Crippen molar-refractivity contribution in [2.75, 3.05) is 0 Å². The SMILES string of the molecule is CC(=O)C=C(C)O.CC(=O)C=C(C)O.CC(=O)C=C(C)O.[Ir].[Ir].[Ir].[Ir].[Ir].[c-]1cccc2ccc3cccnc3c12.[c-]1cccc2ccc3cccnc3c12.[c-]1ccccc1-c1ccc2ccccc2n1.[c-]1ccccc1-c1ccccn1.[c-]1ccccc1-c1nc2ccccc2s1.[c-]1ccsc1-c1ccccn1. The topological polar surface area (TPSA) is 189 Å². The number of nitrogens with zero attached hydrogens (tertiary/aromatic N) is 6. The van der Waals surface area contributed by atoms with E-state index in [1.807, 2.05) is 212 Å². The van der Waals surface area contributed by atoms with Crippen LogP contribution in [0.4, 0.5) is 0 Å². The molecule has 0 saturated carbocycles. The first-order valence-electron chi connectivity index (χ1n) is 32.4. The van der Waals surface area contributed by atoms with Crippen LogP contribution in [-0.2, 0) is 115 Å². The molecular formula is C89H72Ir5N6O6S2-6. The number of thiophene rings is 1. The van der Waals surface area contributed by atoms with Gasteiger partial charge in [-0.15, -0.1) is 183 Å². The third kappa shape index (κ3) is 31.7. The monoisotopic (exact) mass is 2350 g/mol. The Morgan fingerprint density at radius 3 is 1.17 bits per heavy atom. The number of hydrogen-bond acceptors (Lipinski definition) is 14. The molecule has 5 radical (unpaired) electrons. The Kier molecular flexibility index (Phi) is 43.7. The number of aromatic nitrogens is 6. The van der Waals surface area contributed by atoms with Crippen LogP contribution in [0.2, 0.25) is 0 Å². The summed E-state index contributed by atoms with van der Waals surface area (Å²) in [5.74, 6) is -0.187. The van der Waals surface area contributed by atoms with Crippen LogP contribution in [0.25, 0.3) is 108 Å². The molecule has 0 fully saturated rings. The van der Waals surface area contributed by atoms with E-state index in [0.717, 1.165) is 76.5 Å². The van der Waals surface area contributed by atoms with Crippen molar-refractivity contribution in [3.63, 3.8) is 0 Å². The van der Waals surface area contributed by atoms with Crippen LogP contribution in [0.15, 0.2) is 327 Å². The summed E-state index contributed by atoms with van der Waals surface area (Å²) < 4.78 is 1.23. The summed E-state index contributed by atoms with van der Waals surface area (Å²) in [5.41, 5.74) is 10.2. The molecule has 0 unspecified atom stereocenters. The van der Waals surface area contributed by atoms with Crippen molar-refractivity contribution in [2.45, 2.75) is 41.5 Å². The van der Waals surface area contributed by atoms with Gasteiger partial charge in [0.25, 0.3) is 0 Å². The molecule has 0 aliphatic rings. The zero-order chi connectivity index (χ0) is 73.0. The number of carbonyl (C=O) groups is 3. The summed E-state index contributed by atoms with van der Waals surface area (Å²) in [5, 5.41) is 36.2. The molecule has 0 amide bonds. The van der Waals surface area contributed by atoms with Gasteiger partial charge in [0.15, 0.2) is 17.3 Å². The molecule has 9 aromatic carbocycles. The largest absolute Gasteiger partial charge is 0.512 e. The number of hydrogen-bond donors (Lipinski definition) is 3. The molecule has 7 aromatic heterocycles. The Morgan fingerprint density at radius 2 is 0.731 bits per heavy atom. The first-order valence-corrected chi connectivity index (χ1v) is 34.1. The Hall–Kier alpha value is -9.50. The Labute approximate surface area is 705 Å². The minimum atomic E-state index is -0.125. The molecule has 16 aromatic rings. The zero-order valence-corrected chi connectivity index (χ0v) is 72.8. The molecule has 0 aliphatic carbocycles. The Morgan fingerprint density at radius 1 is 0.333 bits per heavy atom. The van der Waals surface area contributed by atoms with Gasteiger partial charge in [-0.3, -0.25) is 24.4 Å². The van der Waals surface area contributed by atoms with Crippen molar-refractivity contribution in [1.82, 2.24) is 29.9 Å². The number of pyridine rings is 5. The predicted octanol–water partition coefficient (Wildman–Crippen LogP) is 22.1. The number of aliphatic hydroxyl groups is 3. The number of benzene rings is 9. The van der Waals surface area contributed by atoms with E-state index in [2.05, 4.69) is 133 Å². The van der Waals surface area contributed by atoms with E-state index in [4.69, 9.17) is 15.3 Å². The molecule has 0 spiro atoms. The van der Waals surface area contributed by atoms with Gasteiger partial charge < -0.3 is 35.3 Å². The third-order valence-electron chi connectivity index (χ3n) is 13.9. The molecule has 0 saturated heterocycles. The molecule has 0 bridgehead atoms. The summed E-state index contributed by atoms with van der Waals surface area (Å²) >= 11 is 3.37. The molecular weight excluding hydrogens is 2270 g/mol. The Bertz CT molecular complexity index is 5050. The summed E-state index contributed by atoms with van der Waals surface area (Å²) in [6.45, 7) is 8.54. The molecule has 19 heteroatoms.